The van der Waals surface area contributed by atoms with Gasteiger partial charge in [0.2, 0.25) is 0 Å². The maximum Gasteiger partial charge on any atom is 0.179 e. The quantitative estimate of drug-likeness (QED) is 0.497. The van der Waals surface area contributed by atoms with Gasteiger partial charge in [-0.2, -0.15) is 0 Å². The van der Waals surface area contributed by atoms with Crippen molar-refractivity contribution in [2.45, 2.75) is 36.6 Å². The Labute approximate surface area is 200 Å². The smallest absolute Gasteiger partial charge is 0.179 e. The van der Waals surface area contributed by atoms with Gasteiger partial charge in [0.15, 0.2) is 9.84 Å². The lowest BCUT2D eigenvalue weighted by Crippen LogP contribution is -2.31. The van der Waals surface area contributed by atoms with Gasteiger partial charge in [-0.15, -0.1) is 0 Å². The zero-order chi connectivity index (χ0) is 23.8. The average Bonchev–Trinajstić information content (AvgIpc) is 2.75. The number of aromatic hydroxyl groups is 1. The fraction of sp³-hybridized carbons (Fsp3) is 0.400. The van der Waals surface area contributed by atoms with Crippen LogP contribution in [-0.4, -0.2) is 56.3 Å². The van der Waals surface area contributed by atoms with E-state index < -0.39 is 9.84 Å². The van der Waals surface area contributed by atoms with E-state index in [4.69, 9.17) is 11.6 Å². The Kier molecular flexibility index (Phi) is 6.84. The second-order valence-corrected chi connectivity index (χ2v) is 11.7. The number of sulfone groups is 1. The second-order valence-electron chi connectivity index (χ2n) is 9.29. The minimum absolute atomic E-state index is 0.0226. The predicted octanol–water partition coefficient (Wildman–Crippen LogP) is 5.20. The zero-order valence-corrected chi connectivity index (χ0v) is 20.7. The number of phenols is 1. The Morgan fingerprint density at radius 2 is 1.76 bits per heavy atom. The van der Waals surface area contributed by atoms with Crippen molar-refractivity contribution in [1.82, 2.24) is 9.88 Å². The molecule has 0 spiro atoms. The highest BCUT2D eigenvalue weighted by molar-refractivity contribution is 7.90. The summed E-state index contributed by atoms with van der Waals surface area (Å²) in [5.41, 5.74) is 3.04. The van der Waals surface area contributed by atoms with Crippen LogP contribution in [0.2, 0.25) is 5.02 Å². The molecule has 0 saturated heterocycles. The number of rotatable bonds is 6. The number of benzene rings is 2. The highest BCUT2D eigenvalue weighted by atomic mass is 35.5. The van der Waals surface area contributed by atoms with Crippen LogP contribution in [0.15, 0.2) is 47.5 Å². The Morgan fingerprint density at radius 1 is 1.09 bits per heavy atom. The van der Waals surface area contributed by atoms with Crippen LogP contribution in [0.3, 0.4) is 0 Å². The molecule has 176 valence electrons. The third kappa shape index (κ3) is 5.42. The number of pyridine rings is 1. The molecular formula is C25H30ClN3O3S. The number of halogens is 1. The number of phenolic OH excluding ortho intramolecular Hbond substituents is 1. The Hall–Kier alpha value is -2.35. The highest BCUT2D eigenvalue weighted by Crippen LogP contribution is 2.36. The van der Waals surface area contributed by atoms with Crippen LogP contribution in [0.25, 0.3) is 22.0 Å². The summed E-state index contributed by atoms with van der Waals surface area (Å²) >= 11 is 6.11. The zero-order valence-electron chi connectivity index (χ0n) is 19.2. The molecule has 1 aromatic heterocycles. The van der Waals surface area contributed by atoms with Gasteiger partial charge in [0, 0.05) is 30.4 Å². The molecule has 33 heavy (non-hydrogen) atoms. The number of nitrogens with zero attached hydrogens (tertiary/aromatic N) is 2. The molecule has 2 N–H and O–H groups in total. The number of nitrogens with one attached hydrogen (secondary N) is 1. The molecule has 8 heteroatoms. The van der Waals surface area contributed by atoms with Gasteiger partial charge in [-0.05, 0) is 81.1 Å². The van der Waals surface area contributed by atoms with E-state index >= 15 is 0 Å². The van der Waals surface area contributed by atoms with E-state index in [-0.39, 0.29) is 21.7 Å². The van der Waals surface area contributed by atoms with E-state index in [1.807, 2.05) is 18.2 Å². The van der Waals surface area contributed by atoms with E-state index in [1.165, 1.54) is 12.5 Å². The summed E-state index contributed by atoms with van der Waals surface area (Å²) in [6.07, 6.45) is 6.90. The first-order valence-electron chi connectivity index (χ1n) is 11.1. The molecule has 3 aromatic rings. The minimum Gasteiger partial charge on any atom is -0.506 e. The molecule has 1 aliphatic rings. The van der Waals surface area contributed by atoms with Gasteiger partial charge in [0.05, 0.1) is 16.2 Å². The Balaban J connectivity index is 1.73. The fourth-order valence-corrected chi connectivity index (χ4v) is 5.64. The number of hydrogen-bond acceptors (Lipinski definition) is 6. The van der Waals surface area contributed by atoms with Gasteiger partial charge >= 0.3 is 0 Å². The normalized spacial score (nSPS) is 19.2. The maximum absolute atomic E-state index is 12.6. The Bertz CT molecular complexity index is 1270. The van der Waals surface area contributed by atoms with Crippen LogP contribution in [0.5, 0.6) is 5.75 Å². The van der Waals surface area contributed by atoms with Crippen molar-refractivity contribution in [3.05, 3.63) is 47.6 Å². The van der Waals surface area contributed by atoms with Gasteiger partial charge in [0.1, 0.15) is 10.6 Å². The van der Waals surface area contributed by atoms with Gasteiger partial charge in [-0.25, -0.2) is 8.42 Å². The number of fused-ring (bicyclic) bond motifs is 1. The first-order chi connectivity index (χ1) is 15.6. The summed E-state index contributed by atoms with van der Waals surface area (Å²) in [7, 11) is 0.726. The van der Waals surface area contributed by atoms with Crippen molar-refractivity contribution in [2.75, 3.05) is 32.2 Å². The average molecular weight is 488 g/mol. The van der Waals surface area contributed by atoms with Crippen molar-refractivity contribution in [1.29, 1.82) is 0 Å². The summed E-state index contributed by atoms with van der Waals surface area (Å²) in [6.45, 7) is 1.08. The topological polar surface area (TPSA) is 82.5 Å². The number of anilines is 1. The molecule has 0 unspecified atom stereocenters. The standard InChI is InChI=1S/C25H30ClN3O3S/c1-29(2)15-16-4-8-19(9-5-16)28-25-20-12-17(18-7-11-23(30)21(26)13-18)6-10-22(20)27-14-24(25)33(3,31)32/h6-7,10-14,16,19,30H,4-5,8-9,15H2,1-3H3,(H,27,28)/t16-,19-. The molecule has 6 nitrogen and oxygen atoms in total. The molecule has 4 rings (SSSR count). The van der Waals surface area contributed by atoms with Crippen LogP contribution >= 0.6 is 11.6 Å². The summed E-state index contributed by atoms with van der Waals surface area (Å²) in [6, 6.07) is 11.0. The molecule has 0 atom stereocenters. The van der Waals surface area contributed by atoms with E-state index in [9.17, 15) is 13.5 Å². The summed E-state index contributed by atoms with van der Waals surface area (Å²) < 4.78 is 25.2. The number of hydrogen-bond donors (Lipinski definition) is 2. The third-order valence-electron chi connectivity index (χ3n) is 6.33. The van der Waals surface area contributed by atoms with E-state index in [0.717, 1.165) is 54.3 Å². The van der Waals surface area contributed by atoms with E-state index in [1.54, 1.807) is 18.2 Å². The van der Waals surface area contributed by atoms with Crippen molar-refractivity contribution in [3.8, 4) is 16.9 Å². The molecule has 0 bridgehead atoms. The lowest BCUT2D eigenvalue weighted by Gasteiger charge is -2.32. The molecule has 0 radical (unpaired) electrons. The lowest BCUT2D eigenvalue weighted by molar-refractivity contribution is 0.255. The van der Waals surface area contributed by atoms with Gasteiger partial charge in [-0.1, -0.05) is 23.7 Å². The van der Waals surface area contributed by atoms with Crippen molar-refractivity contribution in [3.63, 3.8) is 0 Å². The fourth-order valence-electron chi connectivity index (χ4n) is 4.68. The molecule has 0 aliphatic heterocycles. The molecular weight excluding hydrogens is 458 g/mol. The molecule has 1 aliphatic carbocycles. The molecule has 2 aromatic carbocycles. The summed E-state index contributed by atoms with van der Waals surface area (Å²) in [5.74, 6) is 0.696. The largest absolute Gasteiger partial charge is 0.506 e. The van der Waals surface area contributed by atoms with Crippen molar-refractivity contribution >= 4 is 38.0 Å². The minimum atomic E-state index is -3.48. The lowest BCUT2D eigenvalue weighted by atomic mass is 9.85. The first kappa shape index (κ1) is 23.8. The third-order valence-corrected chi connectivity index (χ3v) is 7.74. The molecule has 1 saturated carbocycles. The first-order valence-corrected chi connectivity index (χ1v) is 13.4. The predicted molar refractivity (Wildman–Crippen MR) is 135 cm³/mol. The molecule has 1 fully saturated rings. The van der Waals surface area contributed by atoms with E-state index in [0.29, 0.717) is 11.6 Å². The highest BCUT2D eigenvalue weighted by Gasteiger charge is 2.25. The maximum atomic E-state index is 12.6. The van der Waals surface area contributed by atoms with Crippen LogP contribution in [0.4, 0.5) is 5.69 Å². The van der Waals surface area contributed by atoms with Crippen molar-refractivity contribution < 1.29 is 13.5 Å². The van der Waals surface area contributed by atoms with Crippen molar-refractivity contribution in [2.24, 2.45) is 5.92 Å². The van der Waals surface area contributed by atoms with Gasteiger partial charge < -0.3 is 15.3 Å². The monoisotopic (exact) mass is 487 g/mol. The second kappa shape index (κ2) is 9.49. The van der Waals surface area contributed by atoms with Crippen LogP contribution in [-0.2, 0) is 9.84 Å². The van der Waals surface area contributed by atoms with E-state index in [2.05, 4.69) is 29.3 Å². The molecule has 1 heterocycles. The summed E-state index contributed by atoms with van der Waals surface area (Å²) in [5, 5.41) is 14.4. The van der Waals surface area contributed by atoms with Crippen LogP contribution in [0, 0.1) is 5.92 Å². The van der Waals surface area contributed by atoms with Crippen LogP contribution in [0.1, 0.15) is 25.7 Å². The molecule has 0 amide bonds. The van der Waals surface area contributed by atoms with Gasteiger partial charge in [-0.3, -0.25) is 4.98 Å². The SMILES string of the molecule is CN(C)C[C@H]1CC[C@H](Nc2c(S(C)(=O)=O)cnc3ccc(-c4ccc(O)c(Cl)c4)cc23)CC1. The van der Waals surface area contributed by atoms with Crippen LogP contribution < -0.4 is 5.32 Å². The number of aromatic nitrogens is 1. The van der Waals surface area contributed by atoms with Gasteiger partial charge in [0.25, 0.3) is 0 Å². The summed E-state index contributed by atoms with van der Waals surface area (Å²) in [4.78, 5) is 6.87. The Morgan fingerprint density at radius 3 is 2.39 bits per heavy atom.